The highest BCUT2D eigenvalue weighted by Gasteiger charge is 2.05. The molecule has 0 aliphatic heterocycles. The van der Waals surface area contributed by atoms with Crippen LogP contribution in [-0.2, 0) is 11.3 Å². The number of imidazole rings is 1. The Labute approximate surface area is 106 Å². The second-order valence-electron chi connectivity index (χ2n) is 4.25. The standard InChI is InChI=1S/C13H18N2OS/c1-10-6-5-7-11-12(10)15(13(17)14-11)8-3-4-9-16-2/h5-7H,3-4,8-9H2,1-2H3,(H,14,17). The van der Waals surface area contributed by atoms with E-state index in [1.165, 1.54) is 11.1 Å². The molecule has 0 atom stereocenters. The maximum absolute atomic E-state index is 5.37. The van der Waals surface area contributed by atoms with Crippen molar-refractivity contribution < 1.29 is 4.74 Å². The van der Waals surface area contributed by atoms with Gasteiger partial charge in [-0.1, -0.05) is 12.1 Å². The molecule has 1 N–H and O–H groups in total. The van der Waals surface area contributed by atoms with Crippen molar-refractivity contribution in [1.29, 1.82) is 0 Å². The second-order valence-corrected chi connectivity index (χ2v) is 4.64. The Morgan fingerprint density at radius 1 is 1.35 bits per heavy atom. The highest BCUT2D eigenvalue weighted by atomic mass is 32.1. The number of aromatic nitrogens is 2. The summed E-state index contributed by atoms with van der Waals surface area (Å²) in [6.45, 7) is 3.89. The molecule has 0 fully saturated rings. The first-order chi connectivity index (χ1) is 8.24. The summed E-state index contributed by atoms with van der Waals surface area (Å²) < 4.78 is 8.06. The van der Waals surface area contributed by atoms with Gasteiger partial charge < -0.3 is 14.3 Å². The predicted octanol–water partition coefficient (Wildman–Crippen LogP) is 3.43. The van der Waals surface area contributed by atoms with Gasteiger partial charge >= 0.3 is 0 Å². The van der Waals surface area contributed by atoms with Crippen molar-refractivity contribution in [3.8, 4) is 0 Å². The van der Waals surface area contributed by atoms with Crippen LogP contribution in [0.15, 0.2) is 18.2 Å². The fourth-order valence-electron chi connectivity index (χ4n) is 2.13. The molecule has 1 aromatic carbocycles. The maximum Gasteiger partial charge on any atom is 0.178 e. The average molecular weight is 250 g/mol. The maximum atomic E-state index is 5.37. The zero-order valence-electron chi connectivity index (χ0n) is 10.3. The van der Waals surface area contributed by atoms with Crippen molar-refractivity contribution in [2.24, 2.45) is 0 Å². The van der Waals surface area contributed by atoms with Crippen LogP contribution in [0.4, 0.5) is 0 Å². The smallest absolute Gasteiger partial charge is 0.178 e. The molecular formula is C13H18N2OS. The fraction of sp³-hybridized carbons (Fsp3) is 0.462. The molecule has 0 bridgehead atoms. The first-order valence-electron chi connectivity index (χ1n) is 5.91. The molecule has 0 amide bonds. The van der Waals surface area contributed by atoms with Crippen LogP contribution in [0.3, 0.4) is 0 Å². The molecule has 3 nitrogen and oxygen atoms in total. The molecule has 1 aromatic heterocycles. The molecule has 0 saturated carbocycles. The van der Waals surface area contributed by atoms with Crippen molar-refractivity contribution in [3.63, 3.8) is 0 Å². The Morgan fingerprint density at radius 2 is 2.18 bits per heavy atom. The van der Waals surface area contributed by atoms with Gasteiger partial charge in [-0.15, -0.1) is 0 Å². The summed E-state index contributed by atoms with van der Waals surface area (Å²) in [4.78, 5) is 3.26. The Balaban J connectivity index is 2.27. The van der Waals surface area contributed by atoms with E-state index >= 15 is 0 Å². The third-order valence-electron chi connectivity index (χ3n) is 2.97. The van der Waals surface area contributed by atoms with E-state index in [9.17, 15) is 0 Å². The lowest BCUT2D eigenvalue weighted by atomic mass is 10.2. The Hall–Kier alpha value is -1.13. The number of hydrogen-bond acceptors (Lipinski definition) is 2. The van der Waals surface area contributed by atoms with Gasteiger partial charge in [0.05, 0.1) is 11.0 Å². The van der Waals surface area contributed by atoms with Crippen molar-refractivity contribution >= 4 is 23.3 Å². The zero-order chi connectivity index (χ0) is 12.3. The molecule has 2 aromatic rings. The number of unbranched alkanes of at least 4 members (excludes halogenated alkanes) is 1. The molecule has 0 saturated heterocycles. The molecule has 0 unspecified atom stereocenters. The number of nitrogens with zero attached hydrogens (tertiary/aromatic N) is 1. The lowest BCUT2D eigenvalue weighted by Crippen LogP contribution is -2.00. The van der Waals surface area contributed by atoms with E-state index in [0.29, 0.717) is 0 Å². The van der Waals surface area contributed by atoms with E-state index in [-0.39, 0.29) is 0 Å². The van der Waals surface area contributed by atoms with Crippen LogP contribution in [0.2, 0.25) is 0 Å². The van der Waals surface area contributed by atoms with Crippen LogP contribution in [0.5, 0.6) is 0 Å². The number of aromatic amines is 1. The number of benzene rings is 1. The quantitative estimate of drug-likeness (QED) is 0.651. The lowest BCUT2D eigenvalue weighted by molar-refractivity contribution is 0.191. The van der Waals surface area contributed by atoms with Gasteiger partial charge in [0.25, 0.3) is 0 Å². The van der Waals surface area contributed by atoms with E-state index in [0.717, 1.165) is 36.3 Å². The van der Waals surface area contributed by atoms with Crippen LogP contribution in [0.25, 0.3) is 11.0 Å². The number of methoxy groups -OCH3 is 1. The van der Waals surface area contributed by atoms with Gasteiger partial charge in [-0.2, -0.15) is 0 Å². The van der Waals surface area contributed by atoms with Gasteiger partial charge in [0.15, 0.2) is 4.77 Å². The molecule has 0 aliphatic rings. The third kappa shape index (κ3) is 2.58. The molecule has 17 heavy (non-hydrogen) atoms. The molecule has 0 aliphatic carbocycles. The summed E-state index contributed by atoms with van der Waals surface area (Å²) >= 11 is 5.37. The molecular weight excluding hydrogens is 232 g/mol. The number of hydrogen-bond donors (Lipinski definition) is 1. The minimum atomic E-state index is 0.812. The Morgan fingerprint density at radius 3 is 2.94 bits per heavy atom. The summed E-state index contributed by atoms with van der Waals surface area (Å²) in [7, 11) is 1.74. The first kappa shape index (κ1) is 12.3. The van der Waals surface area contributed by atoms with Gasteiger partial charge in [-0.05, 0) is 43.6 Å². The highest BCUT2D eigenvalue weighted by Crippen LogP contribution is 2.18. The van der Waals surface area contributed by atoms with Crippen LogP contribution in [0.1, 0.15) is 18.4 Å². The average Bonchev–Trinajstić information content (AvgIpc) is 2.62. The first-order valence-corrected chi connectivity index (χ1v) is 6.32. The van der Waals surface area contributed by atoms with E-state index < -0.39 is 0 Å². The number of H-pyrrole nitrogens is 1. The molecule has 92 valence electrons. The van der Waals surface area contributed by atoms with E-state index in [2.05, 4.69) is 34.7 Å². The van der Waals surface area contributed by atoms with Gasteiger partial charge in [0, 0.05) is 20.3 Å². The van der Waals surface area contributed by atoms with Gasteiger partial charge in [-0.3, -0.25) is 0 Å². The Bertz CT molecular complexity index is 556. The number of fused-ring (bicyclic) bond motifs is 1. The van der Waals surface area contributed by atoms with Gasteiger partial charge in [-0.25, -0.2) is 0 Å². The largest absolute Gasteiger partial charge is 0.385 e. The van der Waals surface area contributed by atoms with Crippen molar-refractivity contribution in [1.82, 2.24) is 9.55 Å². The van der Waals surface area contributed by atoms with Crippen LogP contribution < -0.4 is 0 Å². The molecule has 1 heterocycles. The van der Waals surface area contributed by atoms with Crippen LogP contribution in [-0.4, -0.2) is 23.3 Å². The molecule has 0 radical (unpaired) electrons. The number of rotatable bonds is 5. The van der Waals surface area contributed by atoms with Gasteiger partial charge in [0.1, 0.15) is 0 Å². The number of aryl methyl sites for hydroxylation is 2. The van der Waals surface area contributed by atoms with Crippen molar-refractivity contribution in [2.45, 2.75) is 26.3 Å². The SMILES string of the molecule is COCCCCn1c(=S)[nH]c2cccc(C)c21. The van der Waals surface area contributed by atoms with E-state index in [1.807, 2.05) is 0 Å². The molecule has 0 spiro atoms. The molecule has 2 rings (SSSR count). The summed E-state index contributed by atoms with van der Waals surface area (Å²) in [5, 5.41) is 0. The number of ether oxygens (including phenoxy) is 1. The fourth-order valence-corrected chi connectivity index (χ4v) is 2.42. The minimum Gasteiger partial charge on any atom is -0.385 e. The second kappa shape index (κ2) is 5.47. The summed E-state index contributed by atoms with van der Waals surface area (Å²) in [6, 6.07) is 6.25. The normalized spacial score (nSPS) is 11.2. The number of para-hydroxylation sites is 1. The van der Waals surface area contributed by atoms with Crippen LogP contribution in [0, 0.1) is 11.7 Å². The zero-order valence-corrected chi connectivity index (χ0v) is 11.1. The predicted molar refractivity (Wildman–Crippen MR) is 73.0 cm³/mol. The van der Waals surface area contributed by atoms with Crippen molar-refractivity contribution in [3.05, 3.63) is 28.5 Å². The highest BCUT2D eigenvalue weighted by molar-refractivity contribution is 7.71. The summed E-state index contributed by atoms with van der Waals surface area (Å²) in [5.74, 6) is 0. The van der Waals surface area contributed by atoms with E-state index in [4.69, 9.17) is 17.0 Å². The molecule has 4 heteroatoms. The summed E-state index contributed by atoms with van der Waals surface area (Å²) in [5.41, 5.74) is 3.62. The van der Waals surface area contributed by atoms with Crippen LogP contribution >= 0.6 is 12.2 Å². The number of nitrogens with one attached hydrogen (secondary N) is 1. The summed E-state index contributed by atoms with van der Waals surface area (Å²) in [6.07, 6.45) is 2.15. The lowest BCUT2D eigenvalue weighted by Gasteiger charge is -2.06. The third-order valence-corrected chi connectivity index (χ3v) is 3.30. The monoisotopic (exact) mass is 250 g/mol. The minimum absolute atomic E-state index is 0.812. The Kier molecular flexibility index (Phi) is 3.97. The topological polar surface area (TPSA) is 29.9 Å². The van der Waals surface area contributed by atoms with Gasteiger partial charge in [0.2, 0.25) is 0 Å². The van der Waals surface area contributed by atoms with Crippen molar-refractivity contribution in [2.75, 3.05) is 13.7 Å². The van der Waals surface area contributed by atoms with E-state index in [1.54, 1.807) is 7.11 Å².